The molecule has 0 saturated heterocycles. The largest absolute Gasteiger partial charge is 0.363 e. The van der Waals surface area contributed by atoms with Crippen molar-refractivity contribution in [2.75, 3.05) is 11.9 Å². The molecule has 1 aromatic heterocycles. The minimum atomic E-state index is -0.565. The molecule has 7 heteroatoms. The highest BCUT2D eigenvalue weighted by molar-refractivity contribution is 6.28. The Bertz CT molecular complexity index is 453. The zero-order chi connectivity index (χ0) is 12.0. The van der Waals surface area contributed by atoms with Crippen LogP contribution >= 0.6 is 11.6 Å². The van der Waals surface area contributed by atoms with E-state index in [0.717, 1.165) is 6.20 Å². The second kappa shape index (κ2) is 5.88. The molecule has 1 heterocycles. The molecule has 0 saturated carbocycles. The van der Waals surface area contributed by atoms with E-state index < -0.39 is 4.92 Å². The summed E-state index contributed by atoms with van der Waals surface area (Å²) in [6, 6.07) is 0. The SMILES string of the molecule is CC#CCCNc1nc(Cl)ncc1[N+](=O)[O-]. The monoisotopic (exact) mass is 240 g/mol. The maximum atomic E-state index is 10.6. The minimum Gasteiger partial charge on any atom is -0.363 e. The molecule has 16 heavy (non-hydrogen) atoms. The number of aromatic nitrogens is 2. The lowest BCUT2D eigenvalue weighted by Gasteiger charge is -2.03. The molecule has 0 aromatic carbocycles. The first kappa shape index (κ1) is 12.2. The van der Waals surface area contributed by atoms with Crippen molar-refractivity contribution in [3.05, 3.63) is 21.6 Å². The molecule has 0 aliphatic rings. The summed E-state index contributed by atoms with van der Waals surface area (Å²) in [5.41, 5.74) is -0.200. The van der Waals surface area contributed by atoms with E-state index in [0.29, 0.717) is 13.0 Å². The average molecular weight is 241 g/mol. The van der Waals surface area contributed by atoms with Crippen molar-refractivity contribution in [1.29, 1.82) is 0 Å². The first-order valence-electron chi connectivity index (χ1n) is 4.45. The molecule has 1 aromatic rings. The molecule has 0 amide bonds. The molecule has 84 valence electrons. The molecule has 0 aliphatic carbocycles. The molecular formula is C9H9ClN4O2. The van der Waals surface area contributed by atoms with Crippen molar-refractivity contribution in [2.24, 2.45) is 0 Å². The Labute approximate surface area is 97.2 Å². The Hall–Kier alpha value is -1.87. The van der Waals surface area contributed by atoms with Crippen LogP contribution in [0.5, 0.6) is 0 Å². The van der Waals surface area contributed by atoms with Gasteiger partial charge in [-0.2, -0.15) is 4.98 Å². The maximum absolute atomic E-state index is 10.6. The second-order valence-electron chi connectivity index (χ2n) is 2.73. The maximum Gasteiger partial charge on any atom is 0.329 e. The van der Waals surface area contributed by atoms with E-state index >= 15 is 0 Å². The number of anilines is 1. The van der Waals surface area contributed by atoms with Gasteiger partial charge in [-0.15, -0.1) is 11.8 Å². The summed E-state index contributed by atoms with van der Waals surface area (Å²) < 4.78 is 0. The number of nitrogens with one attached hydrogen (secondary N) is 1. The lowest BCUT2D eigenvalue weighted by Crippen LogP contribution is -2.06. The van der Waals surface area contributed by atoms with Crippen molar-refractivity contribution < 1.29 is 4.92 Å². The van der Waals surface area contributed by atoms with Gasteiger partial charge in [0.1, 0.15) is 6.20 Å². The lowest BCUT2D eigenvalue weighted by molar-refractivity contribution is -0.384. The standard InChI is InChI=1S/C9H9ClN4O2/c1-2-3-4-5-11-8-7(14(15)16)6-12-9(10)13-8/h6H,4-5H2,1H3,(H,11,12,13). The van der Waals surface area contributed by atoms with Crippen LogP contribution in [0.4, 0.5) is 11.5 Å². The number of rotatable bonds is 4. The fourth-order valence-corrected chi connectivity index (χ4v) is 1.12. The van der Waals surface area contributed by atoms with Gasteiger partial charge in [0.2, 0.25) is 11.1 Å². The van der Waals surface area contributed by atoms with Gasteiger partial charge < -0.3 is 5.32 Å². The summed E-state index contributed by atoms with van der Waals surface area (Å²) in [4.78, 5) is 17.4. The van der Waals surface area contributed by atoms with Gasteiger partial charge in [-0.1, -0.05) is 0 Å². The van der Waals surface area contributed by atoms with Crippen molar-refractivity contribution >= 4 is 23.1 Å². The van der Waals surface area contributed by atoms with Crippen LogP contribution < -0.4 is 5.32 Å². The minimum absolute atomic E-state index is 0.0327. The topological polar surface area (TPSA) is 81.0 Å². The highest BCUT2D eigenvalue weighted by atomic mass is 35.5. The van der Waals surface area contributed by atoms with Crippen LogP contribution in [-0.4, -0.2) is 21.4 Å². The van der Waals surface area contributed by atoms with Crippen LogP contribution in [0.2, 0.25) is 5.28 Å². The Balaban J connectivity index is 2.78. The fourth-order valence-electron chi connectivity index (χ4n) is 0.986. The van der Waals surface area contributed by atoms with Crippen molar-refractivity contribution in [3.8, 4) is 11.8 Å². The molecule has 0 atom stereocenters. The molecule has 1 N–H and O–H groups in total. The van der Waals surface area contributed by atoms with Crippen LogP contribution in [-0.2, 0) is 0 Å². The summed E-state index contributed by atoms with van der Waals surface area (Å²) in [7, 11) is 0. The van der Waals surface area contributed by atoms with Crippen LogP contribution in [0.25, 0.3) is 0 Å². The number of nitrogens with zero attached hydrogens (tertiary/aromatic N) is 3. The smallest absolute Gasteiger partial charge is 0.329 e. The second-order valence-corrected chi connectivity index (χ2v) is 3.07. The van der Waals surface area contributed by atoms with Gasteiger partial charge in [-0.3, -0.25) is 10.1 Å². The van der Waals surface area contributed by atoms with Crippen LogP contribution in [0, 0.1) is 22.0 Å². The number of hydrogen-bond donors (Lipinski definition) is 1. The van der Waals surface area contributed by atoms with Gasteiger partial charge in [0.25, 0.3) is 0 Å². The molecule has 0 radical (unpaired) electrons. The number of hydrogen-bond acceptors (Lipinski definition) is 5. The highest BCUT2D eigenvalue weighted by Gasteiger charge is 2.15. The third kappa shape index (κ3) is 3.37. The molecule has 0 aliphatic heterocycles. The van der Waals surface area contributed by atoms with E-state index in [1.807, 2.05) is 0 Å². The Morgan fingerprint density at radius 3 is 3.06 bits per heavy atom. The van der Waals surface area contributed by atoms with Crippen molar-refractivity contribution in [2.45, 2.75) is 13.3 Å². The first-order valence-corrected chi connectivity index (χ1v) is 4.83. The van der Waals surface area contributed by atoms with E-state index in [2.05, 4.69) is 27.1 Å². The molecule has 0 bridgehead atoms. The Kier molecular flexibility index (Phi) is 4.48. The van der Waals surface area contributed by atoms with E-state index in [1.54, 1.807) is 6.92 Å². The summed E-state index contributed by atoms with van der Waals surface area (Å²) in [6.45, 7) is 2.19. The van der Waals surface area contributed by atoms with E-state index in [1.165, 1.54) is 0 Å². The average Bonchev–Trinajstić information content (AvgIpc) is 2.24. The highest BCUT2D eigenvalue weighted by Crippen LogP contribution is 2.21. The lowest BCUT2D eigenvalue weighted by atomic mass is 10.4. The summed E-state index contributed by atoms with van der Waals surface area (Å²) >= 11 is 5.55. The third-order valence-electron chi connectivity index (χ3n) is 1.66. The molecule has 0 spiro atoms. The van der Waals surface area contributed by atoms with Gasteiger partial charge >= 0.3 is 5.69 Å². The van der Waals surface area contributed by atoms with Gasteiger partial charge in [-0.05, 0) is 18.5 Å². The molecule has 1 rings (SSSR count). The third-order valence-corrected chi connectivity index (χ3v) is 1.84. The molecular weight excluding hydrogens is 232 g/mol. The fraction of sp³-hybridized carbons (Fsp3) is 0.333. The van der Waals surface area contributed by atoms with Crippen molar-refractivity contribution in [1.82, 2.24) is 9.97 Å². The van der Waals surface area contributed by atoms with Gasteiger partial charge in [0.05, 0.1) is 4.92 Å². The van der Waals surface area contributed by atoms with E-state index in [-0.39, 0.29) is 16.8 Å². The summed E-state index contributed by atoms with van der Waals surface area (Å²) in [5.74, 6) is 5.66. The summed E-state index contributed by atoms with van der Waals surface area (Å²) in [6.07, 6.45) is 1.65. The van der Waals surface area contributed by atoms with Crippen LogP contribution in [0.15, 0.2) is 6.20 Å². The Morgan fingerprint density at radius 1 is 1.69 bits per heavy atom. The van der Waals surface area contributed by atoms with E-state index in [4.69, 9.17) is 11.6 Å². The predicted octanol–water partition coefficient (Wildman–Crippen LogP) is 1.86. The first-order chi connectivity index (χ1) is 7.65. The molecule has 6 nitrogen and oxygen atoms in total. The molecule has 0 unspecified atom stereocenters. The van der Waals surface area contributed by atoms with Gasteiger partial charge in [0, 0.05) is 13.0 Å². The van der Waals surface area contributed by atoms with Crippen LogP contribution in [0.3, 0.4) is 0 Å². The van der Waals surface area contributed by atoms with Gasteiger partial charge in [0.15, 0.2) is 0 Å². The van der Waals surface area contributed by atoms with Crippen molar-refractivity contribution in [3.63, 3.8) is 0 Å². The number of halogens is 1. The normalized spacial score (nSPS) is 9.12. The summed E-state index contributed by atoms with van der Waals surface area (Å²) in [5, 5.41) is 13.4. The van der Waals surface area contributed by atoms with Crippen LogP contribution in [0.1, 0.15) is 13.3 Å². The van der Waals surface area contributed by atoms with E-state index in [9.17, 15) is 10.1 Å². The predicted molar refractivity (Wildman–Crippen MR) is 60.3 cm³/mol. The zero-order valence-corrected chi connectivity index (χ0v) is 9.28. The number of nitro groups is 1. The van der Waals surface area contributed by atoms with Gasteiger partial charge in [-0.25, -0.2) is 4.98 Å². The molecule has 0 fully saturated rings. The zero-order valence-electron chi connectivity index (χ0n) is 8.53. The quantitative estimate of drug-likeness (QED) is 0.286. The Morgan fingerprint density at radius 2 is 2.44 bits per heavy atom.